The molecule has 1 N–H and O–H groups in total. The molecular weight excluding hydrogens is 263 g/mol. The van der Waals surface area contributed by atoms with E-state index in [0.29, 0.717) is 4.48 Å². The highest BCUT2D eigenvalue weighted by Gasteiger charge is 2.39. The molecule has 0 saturated heterocycles. The van der Waals surface area contributed by atoms with Crippen LogP contribution in [0.3, 0.4) is 0 Å². The summed E-state index contributed by atoms with van der Waals surface area (Å²) < 4.78 is 37.4. The van der Waals surface area contributed by atoms with E-state index in [4.69, 9.17) is 0 Å². The smallest absolute Gasteiger partial charge is 0.282 e. The molecule has 2 atom stereocenters. The third-order valence-corrected chi connectivity index (χ3v) is 2.69. The van der Waals surface area contributed by atoms with Crippen LogP contribution in [0.25, 0.3) is 0 Å². The lowest BCUT2D eigenvalue weighted by molar-refractivity contribution is -0.0888. The van der Waals surface area contributed by atoms with E-state index in [0.717, 1.165) is 12.2 Å². The van der Waals surface area contributed by atoms with Crippen molar-refractivity contribution >= 4 is 15.9 Å². The van der Waals surface area contributed by atoms with Crippen molar-refractivity contribution < 1.29 is 13.2 Å². The molecule has 2 rings (SSSR count). The van der Waals surface area contributed by atoms with Crippen molar-refractivity contribution in [3.05, 3.63) is 22.2 Å². The minimum Gasteiger partial charge on any atom is -0.282 e. The second-order valence-electron chi connectivity index (χ2n) is 2.96. The molecule has 0 spiro atoms. The van der Waals surface area contributed by atoms with Gasteiger partial charge in [-0.3, -0.25) is 5.43 Å². The first kappa shape index (κ1) is 9.70. The summed E-state index contributed by atoms with van der Waals surface area (Å²) in [6.45, 7) is 0. The number of nitrogens with one attached hydrogen (secondary N) is 1. The van der Waals surface area contributed by atoms with E-state index < -0.39 is 17.8 Å². The zero-order valence-corrected chi connectivity index (χ0v) is 8.30. The molecule has 0 bridgehead atoms. The zero-order chi connectivity index (χ0) is 10.3. The first-order valence-corrected chi connectivity index (χ1v) is 4.59. The van der Waals surface area contributed by atoms with Crippen molar-refractivity contribution in [1.29, 1.82) is 0 Å². The van der Waals surface area contributed by atoms with E-state index in [9.17, 15) is 13.2 Å². The molecule has 0 radical (unpaired) electrons. The van der Waals surface area contributed by atoms with Crippen LogP contribution in [0.5, 0.6) is 0 Å². The van der Waals surface area contributed by atoms with Crippen molar-refractivity contribution in [2.45, 2.75) is 18.3 Å². The van der Waals surface area contributed by atoms with Gasteiger partial charge in [0.1, 0.15) is 6.04 Å². The third-order valence-electron chi connectivity index (χ3n) is 1.99. The number of hydrogen-bond donors (Lipinski definition) is 1. The van der Waals surface area contributed by atoms with Gasteiger partial charge in [0.15, 0.2) is 0 Å². The maximum atomic E-state index is 12.3. The van der Waals surface area contributed by atoms with Crippen molar-refractivity contribution in [2.24, 2.45) is 10.3 Å². The summed E-state index contributed by atoms with van der Waals surface area (Å²) >= 11 is 3.05. The van der Waals surface area contributed by atoms with Gasteiger partial charge in [-0.25, -0.2) is 0 Å². The van der Waals surface area contributed by atoms with Gasteiger partial charge in [-0.15, -0.1) is 0 Å². The fraction of sp³-hybridized carbons (Fsp3) is 0.429. The summed E-state index contributed by atoms with van der Waals surface area (Å²) in [4.78, 5) is 0. The number of halogens is 4. The quantitative estimate of drug-likeness (QED) is 0.719. The molecule has 14 heavy (non-hydrogen) atoms. The van der Waals surface area contributed by atoms with Crippen LogP contribution in [-0.4, -0.2) is 18.3 Å². The van der Waals surface area contributed by atoms with Gasteiger partial charge in [0, 0.05) is 4.48 Å². The molecule has 0 amide bonds. The van der Waals surface area contributed by atoms with E-state index in [2.05, 4.69) is 31.7 Å². The topological polar surface area (TPSA) is 36.8 Å². The monoisotopic (exact) mass is 267 g/mol. The number of rotatable bonds is 0. The molecular formula is C7H5BrF3N3. The Balaban J connectivity index is 2.32. The van der Waals surface area contributed by atoms with Crippen LogP contribution in [0.15, 0.2) is 32.5 Å². The Morgan fingerprint density at radius 1 is 1.43 bits per heavy atom. The molecule has 1 heterocycles. The standard InChI is InChI=1S/C7H5BrF3N3/c8-4-1-3(7(9,10)11)2-5-6(4)13-14-12-5/h1-2,5-6H,(H,12,13)/t5-,6+/m0/s1. The number of alkyl halides is 3. The molecule has 1 aliphatic carbocycles. The summed E-state index contributed by atoms with van der Waals surface area (Å²) in [5.74, 6) is 0. The van der Waals surface area contributed by atoms with Crippen molar-refractivity contribution in [3.63, 3.8) is 0 Å². The number of allylic oxidation sites excluding steroid dienone is 2. The Labute approximate surface area is 85.9 Å². The zero-order valence-electron chi connectivity index (χ0n) is 6.72. The molecule has 7 heteroatoms. The van der Waals surface area contributed by atoms with Crippen LogP contribution in [0.2, 0.25) is 0 Å². The van der Waals surface area contributed by atoms with Crippen LogP contribution in [0, 0.1) is 0 Å². The predicted molar refractivity (Wildman–Crippen MR) is 46.7 cm³/mol. The maximum absolute atomic E-state index is 12.3. The maximum Gasteiger partial charge on any atom is 0.416 e. The van der Waals surface area contributed by atoms with Gasteiger partial charge in [-0.1, -0.05) is 21.2 Å². The van der Waals surface area contributed by atoms with Gasteiger partial charge in [0.2, 0.25) is 0 Å². The second kappa shape index (κ2) is 3.08. The fourth-order valence-corrected chi connectivity index (χ4v) is 1.93. The largest absolute Gasteiger partial charge is 0.416 e. The lowest BCUT2D eigenvalue weighted by Crippen LogP contribution is -2.33. The van der Waals surface area contributed by atoms with Gasteiger partial charge in [0.05, 0.1) is 11.6 Å². The second-order valence-corrected chi connectivity index (χ2v) is 3.88. The molecule has 0 saturated carbocycles. The van der Waals surface area contributed by atoms with Crippen molar-refractivity contribution in [1.82, 2.24) is 5.43 Å². The van der Waals surface area contributed by atoms with Crippen LogP contribution >= 0.6 is 15.9 Å². The first-order chi connectivity index (χ1) is 6.48. The fourth-order valence-electron chi connectivity index (χ4n) is 1.31. The van der Waals surface area contributed by atoms with Gasteiger partial charge in [0.25, 0.3) is 0 Å². The number of hydrogen-bond acceptors (Lipinski definition) is 3. The first-order valence-electron chi connectivity index (χ1n) is 3.80. The average molecular weight is 268 g/mol. The van der Waals surface area contributed by atoms with Crippen LogP contribution in [-0.2, 0) is 0 Å². The minimum atomic E-state index is -4.33. The summed E-state index contributed by atoms with van der Waals surface area (Å²) in [5, 5.41) is 7.23. The number of fused-ring (bicyclic) bond motifs is 1. The highest BCUT2D eigenvalue weighted by molar-refractivity contribution is 9.11. The Bertz CT molecular complexity index is 345. The lowest BCUT2D eigenvalue weighted by atomic mass is 9.99. The molecule has 0 aromatic heterocycles. The molecule has 0 fully saturated rings. The third kappa shape index (κ3) is 1.56. The van der Waals surface area contributed by atoms with E-state index in [1.807, 2.05) is 0 Å². The summed E-state index contributed by atoms with van der Waals surface area (Å²) in [6.07, 6.45) is -2.20. The molecule has 3 nitrogen and oxygen atoms in total. The minimum absolute atomic E-state index is 0.360. The van der Waals surface area contributed by atoms with Crippen LogP contribution in [0.4, 0.5) is 13.2 Å². The Morgan fingerprint density at radius 2 is 2.14 bits per heavy atom. The average Bonchev–Trinajstić information content (AvgIpc) is 2.50. The summed E-state index contributed by atoms with van der Waals surface area (Å²) in [5.41, 5.74) is 1.83. The Morgan fingerprint density at radius 3 is 2.79 bits per heavy atom. The number of nitrogens with zero attached hydrogens (tertiary/aromatic N) is 2. The summed E-state index contributed by atoms with van der Waals surface area (Å²) in [7, 11) is 0. The van der Waals surface area contributed by atoms with E-state index in [-0.39, 0.29) is 6.04 Å². The van der Waals surface area contributed by atoms with Crippen LogP contribution < -0.4 is 5.43 Å². The van der Waals surface area contributed by atoms with Crippen molar-refractivity contribution in [3.8, 4) is 0 Å². The van der Waals surface area contributed by atoms with Gasteiger partial charge < -0.3 is 0 Å². The Hall–Kier alpha value is -0.850. The SMILES string of the molecule is FC(F)(F)C1=C[C@@H]2NN=N[C@@H]2C(Br)=C1. The van der Waals surface area contributed by atoms with Gasteiger partial charge >= 0.3 is 6.18 Å². The molecule has 0 unspecified atom stereocenters. The van der Waals surface area contributed by atoms with Crippen LogP contribution in [0.1, 0.15) is 0 Å². The van der Waals surface area contributed by atoms with Gasteiger partial charge in [-0.2, -0.15) is 18.3 Å². The molecule has 2 aliphatic rings. The van der Waals surface area contributed by atoms with E-state index >= 15 is 0 Å². The highest BCUT2D eigenvalue weighted by Crippen LogP contribution is 2.35. The molecule has 1 aliphatic heterocycles. The predicted octanol–water partition coefficient (Wildman–Crippen LogP) is 2.48. The molecule has 76 valence electrons. The lowest BCUT2D eigenvalue weighted by Gasteiger charge is -2.20. The molecule has 0 aromatic rings. The van der Waals surface area contributed by atoms with E-state index in [1.165, 1.54) is 0 Å². The normalized spacial score (nSPS) is 30.6. The van der Waals surface area contributed by atoms with E-state index in [1.54, 1.807) is 0 Å². The molecule has 0 aromatic carbocycles. The van der Waals surface area contributed by atoms with Gasteiger partial charge in [-0.05, 0) is 12.2 Å². The summed E-state index contributed by atoms with van der Waals surface area (Å²) in [6, 6.07) is -0.855. The highest BCUT2D eigenvalue weighted by atomic mass is 79.9. The van der Waals surface area contributed by atoms with Crippen molar-refractivity contribution in [2.75, 3.05) is 0 Å². The Kier molecular flexibility index (Phi) is 2.13.